The van der Waals surface area contributed by atoms with Crippen LogP contribution in [-0.2, 0) is 14.3 Å². The Balaban J connectivity index is 1.29. The molecule has 28 heavy (non-hydrogen) atoms. The number of carbonyl (C=O) groups is 2. The Bertz CT molecular complexity index is 749. The third-order valence-electron chi connectivity index (χ3n) is 5.95. The monoisotopic (exact) mass is 394 g/mol. The number of carbonyl (C=O) groups excluding carboxylic acids is 2. The maximum absolute atomic E-state index is 13.4. The van der Waals surface area contributed by atoms with Gasteiger partial charge in [-0.25, -0.2) is 8.78 Å². The zero-order chi connectivity index (χ0) is 19.7. The lowest BCUT2D eigenvalue weighted by atomic mass is 9.93. The molecule has 3 aliphatic heterocycles. The van der Waals surface area contributed by atoms with E-state index in [1.165, 1.54) is 6.07 Å². The van der Waals surface area contributed by atoms with Crippen molar-refractivity contribution in [3.63, 3.8) is 0 Å². The molecule has 1 aromatic rings. The SMILES string of the molecule is O=C(c1ccc(F)c(F)c1)N1CCC(C(=O)N2CCC3(CC2)OCCO3)CC1. The van der Waals surface area contributed by atoms with Crippen LogP contribution in [0.1, 0.15) is 36.0 Å². The molecule has 0 aromatic heterocycles. The van der Waals surface area contributed by atoms with Gasteiger partial charge >= 0.3 is 0 Å². The molecule has 152 valence electrons. The maximum atomic E-state index is 13.4. The van der Waals surface area contributed by atoms with Crippen LogP contribution in [0, 0.1) is 17.6 Å². The highest BCUT2D eigenvalue weighted by Gasteiger charge is 2.42. The lowest BCUT2D eigenvalue weighted by Crippen LogP contribution is -2.50. The largest absolute Gasteiger partial charge is 0.347 e. The van der Waals surface area contributed by atoms with Crippen LogP contribution in [0.15, 0.2) is 18.2 Å². The van der Waals surface area contributed by atoms with Crippen molar-refractivity contribution < 1.29 is 27.8 Å². The summed E-state index contributed by atoms with van der Waals surface area (Å²) in [6, 6.07) is 3.17. The quantitative estimate of drug-likeness (QED) is 0.772. The third-order valence-corrected chi connectivity index (χ3v) is 5.95. The highest BCUT2D eigenvalue weighted by Crippen LogP contribution is 2.32. The maximum Gasteiger partial charge on any atom is 0.253 e. The summed E-state index contributed by atoms with van der Waals surface area (Å²) in [5, 5.41) is 0. The lowest BCUT2D eigenvalue weighted by molar-refractivity contribution is -0.188. The molecule has 1 aromatic carbocycles. The molecule has 2 amide bonds. The summed E-state index contributed by atoms with van der Waals surface area (Å²) in [4.78, 5) is 28.8. The highest BCUT2D eigenvalue weighted by atomic mass is 19.2. The second kappa shape index (κ2) is 7.75. The lowest BCUT2D eigenvalue weighted by Gasteiger charge is -2.40. The van der Waals surface area contributed by atoms with Gasteiger partial charge in [-0.1, -0.05) is 0 Å². The van der Waals surface area contributed by atoms with E-state index in [4.69, 9.17) is 9.47 Å². The Hall–Kier alpha value is -2.06. The summed E-state index contributed by atoms with van der Waals surface area (Å²) < 4.78 is 37.8. The summed E-state index contributed by atoms with van der Waals surface area (Å²) in [5.74, 6) is -2.84. The van der Waals surface area contributed by atoms with Crippen molar-refractivity contribution in [2.45, 2.75) is 31.5 Å². The Morgan fingerprint density at radius 2 is 1.57 bits per heavy atom. The minimum absolute atomic E-state index is 0.117. The number of nitrogens with zero attached hydrogens (tertiary/aromatic N) is 2. The average molecular weight is 394 g/mol. The first-order valence-corrected chi connectivity index (χ1v) is 9.78. The molecule has 0 aliphatic carbocycles. The predicted molar refractivity (Wildman–Crippen MR) is 95.4 cm³/mol. The molecule has 0 unspecified atom stereocenters. The van der Waals surface area contributed by atoms with Gasteiger partial charge in [0.1, 0.15) is 0 Å². The molecule has 3 aliphatic rings. The van der Waals surface area contributed by atoms with Crippen LogP contribution in [0.2, 0.25) is 0 Å². The molecule has 0 N–H and O–H groups in total. The number of halogens is 2. The molecule has 3 fully saturated rings. The zero-order valence-corrected chi connectivity index (χ0v) is 15.7. The number of ether oxygens (including phenoxy) is 2. The van der Waals surface area contributed by atoms with Crippen LogP contribution >= 0.6 is 0 Å². The summed E-state index contributed by atoms with van der Waals surface area (Å²) >= 11 is 0. The summed E-state index contributed by atoms with van der Waals surface area (Å²) in [6.07, 6.45) is 2.52. The molecule has 0 atom stereocenters. The number of benzene rings is 1. The van der Waals surface area contributed by atoms with Gasteiger partial charge in [0.2, 0.25) is 5.91 Å². The van der Waals surface area contributed by atoms with Crippen LogP contribution in [0.4, 0.5) is 8.78 Å². The molecule has 0 radical (unpaired) electrons. The van der Waals surface area contributed by atoms with Gasteiger partial charge in [0, 0.05) is 50.5 Å². The Kier molecular flexibility index (Phi) is 5.33. The fraction of sp³-hybridized carbons (Fsp3) is 0.600. The number of hydrogen-bond acceptors (Lipinski definition) is 4. The van der Waals surface area contributed by atoms with Gasteiger partial charge < -0.3 is 19.3 Å². The first kappa shape index (κ1) is 19.3. The van der Waals surface area contributed by atoms with Gasteiger partial charge in [0.05, 0.1) is 13.2 Å². The Morgan fingerprint density at radius 1 is 0.929 bits per heavy atom. The van der Waals surface area contributed by atoms with Crippen LogP contribution in [0.3, 0.4) is 0 Å². The van der Waals surface area contributed by atoms with E-state index in [-0.39, 0.29) is 23.3 Å². The Morgan fingerprint density at radius 3 is 2.18 bits per heavy atom. The topological polar surface area (TPSA) is 59.1 Å². The van der Waals surface area contributed by atoms with Crippen LogP contribution < -0.4 is 0 Å². The second-order valence-corrected chi connectivity index (χ2v) is 7.63. The fourth-order valence-electron chi connectivity index (χ4n) is 4.25. The van der Waals surface area contributed by atoms with Gasteiger partial charge in [-0.15, -0.1) is 0 Å². The standard InChI is InChI=1S/C20H24F2N2O4/c21-16-2-1-15(13-17(16)22)19(26)23-7-3-14(4-8-23)18(25)24-9-5-20(6-10-24)27-11-12-28-20/h1-2,13-14H,3-12H2. The molecule has 0 saturated carbocycles. The van der Waals surface area contributed by atoms with Gasteiger partial charge in [-0.3, -0.25) is 9.59 Å². The highest BCUT2D eigenvalue weighted by molar-refractivity contribution is 5.94. The first-order chi connectivity index (χ1) is 13.5. The number of likely N-dealkylation sites (tertiary alicyclic amines) is 2. The average Bonchev–Trinajstić information content (AvgIpc) is 3.17. The van der Waals surface area contributed by atoms with Crippen molar-refractivity contribution >= 4 is 11.8 Å². The smallest absolute Gasteiger partial charge is 0.253 e. The van der Waals surface area contributed by atoms with E-state index in [9.17, 15) is 18.4 Å². The minimum atomic E-state index is -1.03. The second-order valence-electron chi connectivity index (χ2n) is 7.63. The molecule has 6 nitrogen and oxygen atoms in total. The van der Waals surface area contributed by atoms with Crippen LogP contribution in [-0.4, -0.2) is 66.8 Å². The summed E-state index contributed by atoms with van der Waals surface area (Å²) in [7, 11) is 0. The first-order valence-electron chi connectivity index (χ1n) is 9.78. The normalized spacial score (nSPS) is 22.6. The van der Waals surface area contributed by atoms with E-state index in [0.717, 1.165) is 12.1 Å². The fourth-order valence-corrected chi connectivity index (χ4v) is 4.25. The van der Waals surface area contributed by atoms with Crippen molar-refractivity contribution in [2.24, 2.45) is 5.92 Å². The van der Waals surface area contributed by atoms with E-state index >= 15 is 0 Å². The Labute approximate surface area is 162 Å². The van der Waals surface area contributed by atoms with Crippen LogP contribution in [0.5, 0.6) is 0 Å². The van der Waals surface area contributed by atoms with Crippen molar-refractivity contribution in [1.29, 1.82) is 0 Å². The molecule has 3 saturated heterocycles. The number of piperidine rings is 2. The van der Waals surface area contributed by atoms with Crippen molar-refractivity contribution in [1.82, 2.24) is 9.80 Å². The molecule has 0 bridgehead atoms. The third kappa shape index (κ3) is 3.75. The number of hydrogen-bond donors (Lipinski definition) is 0. The summed E-state index contributed by atoms with van der Waals surface area (Å²) in [6.45, 7) is 3.31. The number of rotatable bonds is 2. The molecule has 4 rings (SSSR count). The van der Waals surface area contributed by atoms with Crippen molar-refractivity contribution in [3.05, 3.63) is 35.4 Å². The van der Waals surface area contributed by atoms with E-state index in [2.05, 4.69) is 0 Å². The molecule has 1 spiro atoms. The van der Waals surface area contributed by atoms with E-state index in [1.54, 1.807) is 4.90 Å². The van der Waals surface area contributed by atoms with E-state index in [1.807, 2.05) is 4.90 Å². The molecular weight excluding hydrogens is 370 g/mol. The zero-order valence-electron chi connectivity index (χ0n) is 15.7. The molecule has 8 heteroatoms. The van der Waals surface area contributed by atoms with Crippen molar-refractivity contribution in [3.8, 4) is 0 Å². The van der Waals surface area contributed by atoms with E-state index < -0.39 is 17.4 Å². The van der Waals surface area contributed by atoms with Gasteiger partial charge in [0.15, 0.2) is 17.4 Å². The van der Waals surface area contributed by atoms with Gasteiger partial charge in [0.25, 0.3) is 5.91 Å². The van der Waals surface area contributed by atoms with Gasteiger partial charge in [-0.2, -0.15) is 0 Å². The summed E-state index contributed by atoms with van der Waals surface area (Å²) in [5.41, 5.74) is 0.126. The van der Waals surface area contributed by atoms with Crippen LogP contribution in [0.25, 0.3) is 0 Å². The van der Waals surface area contributed by atoms with Crippen molar-refractivity contribution in [2.75, 3.05) is 39.4 Å². The van der Waals surface area contributed by atoms with Gasteiger partial charge in [-0.05, 0) is 31.0 Å². The van der Waals surface area contributed by atoms with E-state index in [0.29, 0.717) is 65.1 Å². The molecular formula is C20H24F2N2O4. The number of amides is 2. The minimum Gasteiger partial charge on any atom is -0.347 e. The molecule has 3 heterocycles. The predicted octanol–water partition coefficient (Wildman–Crippen LogP) is 2.18.